The highest BCUT2D eigenvalue weighted by Gasteiger charge is 2.22. The van der Waals surface area contributed by atoms with E-state index in [1.165, 1.54) is 6.42 Å². The van der Waals surface area contributed by atoms with Crippen molar-refractivity contribution < 1.29 is 10.0 Å². The van der Waals surface area contributed by atoms with E-state index in [1.807, 2.05) is 4.90 Å². The number of amidine groups is 1. The van der Waals surface area contributed by atoms with Crippen LogP contribution in [0.15, 0.2) is 29.4 Å². The highest BCUT2D eigenvalue weighted by atomic mass is 16.4. The van der Waals surface area contributed by atoms with Gasteiger partial charge in [-0.15, -0.1) is 0 Å². The second-order valence-electron chi connectivity index (χ2n) is 5.21. The Morgan fingerprint density at radius 1 is 1.40 bits per heavy atom. The third-order valence-corrected chi connectivity index (χ3v) is 3.99. The minimum Gasteiger partial charge on any atom is -0.409 e. The van der Waals surface area contributed by atoms with Gasteiger partial charge in [0.1, 0.15) is 0 Å². The molecule has 1 heterocycles. The molecule has 108 valence electrons. The number of amides is 1. The van der Waals surface area contributed by atoms with Crippen LogP contribution in [-0.2, 0) is 0 Å². The minimum atomic E-state index is 0.0179. The molecule has 0 unspecified atom stereocenters. The van der Waals surface area contributed by atoms with E-state index in [4.69, 9.17) is 10.9 Å². The van der Waals surface area contributed by atoms with Gasteiger partial charge in [-0.3, -0.25) is 4.79 Å². The van der Waals surface area contributed by atoms with Crippen LogP contribution < -0.4 is 5.73 Å². The van der Waals surface area contributed by atoms with Crippen LogP contribution in [-0.4, -0.2) is 34.9 Å². The van der Waals surface area contributed by atoms with Crippen LogP contribution in [0.4, 0.5) is 0 Å². The molecule has 0 spiro atoms. The standard InChI is InChI=1S/C15H21N3O2/c1-2-11-6-8-18(9-7-11)15(19)13-5-3-4-12(10-13)14(16)17-20/h3-5,10-11,20H,2,6-9H2,1H3,(H2,16,17). The van der Waals surface area contributed by atoms with E-state index in [-0.39, 0.29) is 11.7 Å². The summed E-state index contributed by atoms with van der Waals surface area (Å²) in [6.07, 6.45) is 3.32. The molecule has 0 aromatic heterocycles. The molecule has 0 saturated carbocycles. The summed E-state index contributed by atoms with van der Waals surface area (Å²) in [4.78, 5) is 14.3. The second kappa shape index (κ2) is 6.41. The van der Waals surface area contributed by atoms with Gasteiger partial charge in [-0.25, -0.2) is 0 Å². The van der Waals surface area contributed by atoms with Gasteiger partial charge < -0.3 is 15.8 Å². The van der Waals surface area contributed by atoms with Crippen molar-refractivity contribution in [3.8, 4) is 0 Å². The van der Waals surface area contributed by atoms with E-state index in [0.717, 1.165) is 31.8 Å². The van der Waals surface area contributed by atoms with Crippen LogP contribution in [0.5, 0.6) is 0 Å². The van der Waals surface area contributed by atoms with Gasteiger partial charge in [-0.05, 0) is 30.9 Å². The average Bonchev–Trinajstić information content (AvgIpc) is 2.53. The number of nitrogens with two attached hydrogens (primary N) is 1. The van der Waals surface area contributed by atoms with E-state index in [9.17, 15) is 4.79 Å². The number of benzene rings is 1. The van der Waals surface area contributed by atoms with E-state index >= 15 is 0 Å². The van der Waals surface area contributed by atoms with Crippen molar-refractivity contribution in [1.29, 1.82) is 0 Å². The minimum absolute atomic E-state index is 0.0179. The Morgan fingerprint density at radius 2 is 2.05 bits per heavy atom. The van der Waals surface area contributed by atoms with Gasteiger partial charge in [0.05, 0.1) is 0 Å². The van der Waals surface area contributed by atoms with E-state index in [0.29, 0.717) is 11.1 Å². The largest absolute Gasteiger partial charge is 0.409 e. The molecule has 5 nitrogen and oxygen atoms in total. The zero-order valence-electron chi connectivity index (χ0n) is 11.7. The highest BCUT2D eigenvalue weighted by Crippen LogP contribution is 2.21. The summed E-state index contributed by atoms with van der Waals surface area (Å²) in [5, 5.41) is 11.7. The molecular formula is C15H21N3O2. The van der Waals surface area contributed by atoms with Crippen LogP contribution >= 0.6 is 0 Å². The number of rotatable bonds is 3. The number of carbonyl (C=O) groups is 1. The number of oxime groups is 1. The van der Waals surface area contributed by atoms with Crippen molar-refractivity contribution in [2.75, 3.05) is 13.1 Å². The van der Waals surface area contributed by atoms with Crippen LogP contribution in [0.2, 0.25) is 0 Å². The Labute approximate surface area is 119 Å². The summed E-state index contributed by atoms with van der Waals surface area (Å²) >= 11 is 0. The molecule has 5 heteroatoms. The van der Waals surface area contributed by atoms with Crippen LogP contribution in [0.3, 0.4) is 0 Å². The number of nitrogens with zero attached hydrogens (tertiary/aromatic N) is 2. The zero-order valence-corrected chi connectivity index (χ0v) is 11.7. The molecule has 20 heavy (non-hydrogen) atoms. The molecule has 1 aliphatic rings. The fourth-order valence-electron chi connectivity index (χ4n) is 2.60. The number of hydrogen-bond acceptors (Lipinski definition) is 3. The molecular weight excluding hydrogens is 254 g/mol. The van der Waals surface area contributed by atoms with Crippen molar-refractivity contribution in [3.05, 3.63) is 35.4 Å². The van der Waals surface area contributed by atoms with Crippen LogP contribution in [0.25, 0.3) is 0 Å². The summed E-state index contributed by atoms with van der Waals surface area (Å²) in [7, 11) is 0. The van der Waals surface area contributed by atoms with Gasteiger partial charge in [0.15, 0.2) is 5.84 Å². The Balaban J connectivity index is 2.10. The third kappa shape index (κ3) is 3.10. The molecule has 1 saturated heterocycles. The molecule has 1 aromatic carbocycles. The molecule has 0 radical (unpaired) electrons. The van der Waals surface area contributed by atoms with Gasteiger partial charge >= 0.3 is 0 Å². The van der Waals surface area contributed by atoms with Gasteiger partial charge in [-0.1, -0.05) is 30.6 Å². The highest BCUT2D eigenvalue weighted by molar-refractivity contribution is 6.01. The van der Waals surface area contributed by atoms with Crippen molar-refractivity contribution in [1.82, 2.24) is 4.90 Å². The van der Waals surface area contributed by atoms with Gasteiger partial charge in [0, 0.05) is 24.2 Å². The maximum Gasteiger partial charge on any atom is 0.253 e. The normalized spacial score (nSPS) is 17.2. The SMILES string of the molecule is CCC1CCN(C(=O)c2cccc(C(N)=NO)c2)CC1. The van der Waals surface area contributed by atoms with Crippen LogP contribution in [0, 0.1) is 5.92 Å². The lowest BCUT2D eigenvalue weighted by Crippen LogP contribution is -2.38. The summed E-state index contributed by atoms with van der Waals surface area (Å²) in [6.45, 7) is 3.82. The molecule has 1 fully saturated rings. The molecule has 3 N–H and O–H groups in total. The number of likely N-dealkylation sites (tertiary alicyclic amines) is 1. The lowest BCUT2D eigenvalue weighted by molar-refractivity contribution is 0.0689. The van der Waals surface area contributed by atoms with E-state index in [2.05, 4.69) is 12.1 Å². The number of hydrogen-bond donors (Lipinski definition) is 2. The van der Waals surface area contributed by atoms with Gasteiger partial charge in [-0.2, -0.15) is 0 Å². The molecule has 1 aliphatic heterocycles. The lowest BCUT2D eigenvalue weighted by atomic mass is 9.94. The molecule has 0 aliphatic carbocycles. The fourth-order valence-corrected chi connectivity index (χ4v) is 2.60. The molecule has 1 amide bonds. The van der Waals surface area contributed by atoms with Crippen molar-refractivity contribution in [3.63, 3.8) is 0 Å². The first-order valence-corrected chi connectivity index (χ1v) is 7.03. The smallest absolute Gasteiger partial charge is 0.253 e. The first kappa shape index (κ1) is 14.4. The van der Waals surface area contributed by atoms with E-state index < -0.39 is 0 Å². The Hall–Kier alpha value is -2.04. The summed E-state index contributed by atoms with van der Waals surface area (Å²) < 4.78 is 0. The average molecular weight is 275 g/mol. The maximum absolute atomic E-state index is 12.4. The van der Waals surface area contributed by atoms with Crippen molar-refractivity contribution >= 4 is 11.7 Å². The summed E-state index contributed by atoms with van der Waals surface area (Å²) in [5.74, 6) is 0.777. The monoisotopic (exact) mass is 275 g/mol. The Morgan fingerprint density at radius 3 is 2.65 bits per heavy atom. The summed E-state index contributed by atoms with van der Waals surface area (Å²) in [5.41, 5.74) is 6.70. The summed E-state index contributed by atoms with van der Waals surface area (Å²) in [6, 6.07) is 6.90. The molecule has 0 atom stereocenters. The second-order valence-corrected chi connectivity index (χ2v) is 5.21. The molecule has 0 bridgehead atoms. The molecule has 2 rings (SSSR count). The van der Waals surface area contributed by atoms with E-state index in [1.54, 1.807) is 24.3 Å². The predicted molar refractivity (Wildman–Crippen MR) is 77.9 cm³/mol. The van der Waals surface area contributed by atoms with Crippen molar-refractivity contribution in [2.45, 2.75) is 26.2 Å². The number of piperidine rings is 1. The fraction of sp³-hybridized carbons (Fsp3) is 0.467. The predicted octanol–water partition coefficient (Wildman–Crippen LogP) is 2.04. The topological polar surface area (TPSA) is 78.9 Å². The van der Waals surface area contributed by atoms with Crippen LogP contribution in [0.1, 0.15) is 42.1 Å². The zero-order chi connectivity index (χ0) is 14.5. The number of carbonyl (C=O) groups excluding carboxylic acids is 1. The van der Waals surface area contributed by atoms with Gasteiger partial charge in [0.2, 0.25) is 0 Å². The Kier molecular flexibility index (Phi) is 4.61. The third-order valence-electron chi connectivity index (χ3n) is 3.99. The first-order valence-electron chi connectivity index (χ1n) is 7.03. The molecule has 1 aromatic rings. The first-order chi connectivity index (χ1) is 9.65. The quantitative estimate of drug-likeness (QED) is 0.383. The lowest BCUT2D eigenvalue weighted by Gasteiger charge is -2.31. The van der Waals surface area contributed by atoms with Crippen molar-refractivity contribution in [2.24, 2.45) is 16.8 Å². The Bertz CT molecular complexity index is 506. The van der Waals surface area contributed by atoms with Gasteiger partial charge in [0.25, 0.3) is 5.91 Å². The maximum atomic E-state index is 12.4.